The van der Waals surface area contributed by atoms with E-state index in [4.69, 9.17) is 5.14 Å². The first-order chi connectivity index (χ1) is 10.8. The minimum Gasteiger partial charge on any atom is -0.351 e. The molecule has 1 fully saturated rings. The first kappa shape index (κ1) is 17.9. The Morgan fingerprint density at radius 2 is 1.87 bits per heavy atom. The summed E-state index contributed by atoms with van der Waals surface area (Å²) in [4.78, 5) is 13.4. The molecule has 4 N–H and O–H groups in total. The van der Waals surface area contributed by atoms with E-state index in [9.17, 15) is 13.2 Å². The van der Waals surface area contributed by atoms with Crippen molar-refractivity contribution < 1.29 is 18.1 Å². The molecule has 1 amide bonds. The average molecular weight is 340 g/mol. The summed E-state index contributed by atoms with van der Waals surface area (Å²) in [5, 5.41) is 7.99. The number of likely N-dealkylation sites (tertiary alicyclic amines) is 1. The Hall–Kier alpha value is -1.44. The lowest BCUT2D eigenvalue weighted by Gasteiger charge is -2.26. The summed E-state index contributed by atoms with van der Waals surface area (Å²) in [5.41, 5.74) is 0.969. The molecule has 0 saturated carbocycles. The van der Waals surface area contributed by atoms with Crippen molar-refractivity contribution >= 4 is 15.9 Å². The van der Waals surface area contributed by atoms with Gasteiger partial charge in [-0.3, -0.25) is 4.79 Å². The van der Waals surface area contributed by atoms with Crippen LogP contribution < -0.4 is 15.4 Å². The van der Waals surface area contributed by atoms with Crippen molar-refractivity contribution in [1.82, 2.24) is 5.32 Å². The summed E-state index contributed by atoms with van der Waals surface area (Å²) >= 11 is 0. The number of rotatable bonds is 6. The third-order valence-corrected chi connectivity index (χ3v) is 5.31. The number of hydrogen-bond acceptors (Lipinski definition) is 3. The second kappa shape index (κ2) is 7.90. The zero-order valence-electron chi connectivity index (χ0n) is 13.5. The van der Waals surface area contributed by atoms with Gasteiger partial charge in [-0.2, -0.15) is 0 Å². The first-order valence-electron chi connectivity index (χ1n) is 8.06. The normalized spacial score (nSPS) is 21.8. The van der Waals surface area contributed by atoms with E-state index in [2.05, 4.69) is 12.2 Å². The Kier molecular flexibility index (Phi) is 6.15. The van der Waals surface area contributed by atoms with Gasteiger partial charge < -0.3 is 10.2 Å². The maximum atomic E-state index is 11.9. The molecule has 0 unspecified atom stereocenters. The first-order valence-corrected chi connectivity index (χ1v) is 9.61. The molecular weight excluding hydrogens is 314 g/mol. The zero-order chi connectivity index (χ0) is 16.9. The number of primary sulfonamides is 1. The Bertz CT molecular complexity index is 620. The molecule has 1 aromatic carbocycles. The maximum Gasteiger partial charge on any atom is 0.275 e. The van der Waals surface area contributed by atoms with Crippen molar-refractivity contribution in [2.24, 2.45) is 11.1 Å². The third kappa shape index (κ3) is 5.93. The molecule has 23 heavy (non-hydrogen) atoms. The molecule has 1 aliphatic rings. The van der Waals surface area contributed by atoms with E-state index >= 15 is 0 Å². The SMILES string of the molecule is CC1CC[NH+](CC(=O)NCCc2ccc(S(N)(=O)=O)cc2)CC1. The summed E-state index contributed by atoms with van der Waals surface area (Å²) in [6.45, 7) is 5.50. The van der Waals surface area contributed by atoms with E-state index in [-0.39, 0.29) is 10.8 Å². The molecule has 128 valence electrons. The number of carbonyl (C=O) groups is 1. The molecule has 0 spiro atoms. The number of nitrogens with two attached hydrogens (primary N) is 1. The van der Waals surface area contributed by atoms with Gasteiger partial charge >= 0.3 is 0 Å². The molecule has 1 heterocycles. The van der Waals surface area contributed by atoms with Gasteiger partial charge in [0.15, 0.2) is 6.54 Å². The van der Waals surface area contributed by atoms with Crippen LogP contribution in [0.3, 0.4) is 0 Å². The highest BCUT2D eigenvalue weighted by Crippen LogP contribution is 2.09. The monoisotopic (exact) mass is 340 g/mol. The third-order valence-electron chi connectivity index (χ3n) is 4.38. The molecule has 0 aliphatic carbocycles. The van der Waals surface area contributed by atoms with Gasteiger partial charge in [-0.1, -0.05) is 19.1 Å². The van der Waals surface area contributed by atoms with Crippen molar-refractivity contribution in [3.8, 4) is 0 Å². The lowest BCUT2D eigenvalue weighted by Crippen LogP contribution is -3.14. The summed E-state index contributed by atoms with van der Waals surface area (Å²) in [5.74, 6) is 0.859. The minimum absolute atomic E-state index is 0.0794. The fraction of sp³-hybridized carbons (Fsp3) is 0.562. The van der Waals surface area contributed by atoms with Crippen molar-refractivity contribution in [2.45, 2.75) is 31.1 Å². The smallest absolute Gasteiger partial charge is 0.275 e. The molecular formula is C16H26N3O3S+. The van der Waals surface area contributed by atoms with Crippen LogP contribution in [0.1, 0.15) is 25.3 Å². The maximum absolute atomic E-state index is 11.9. The molecule has 0 aromatic heterocycles. The van der Waals surface area contributed by atoms with E-state index in [0.717, 1.165) is 24.6 Å². The Labute approximate surface area is 138 Å². The number of quaternary nitrogens is 1. The summed E-state index contributed by atoms with van der Waals surface area (Å²) in [6.07, 6.45) is 3.06. The Balaban J connectivity index is 1.71. The van der Waals surface area contributed by atoms with Gasteiger partial charge in [0, 0.05) is 6.54 Å². The second-order valence-corrected chi connectivity index (χ2v) is 7.96. The topological polar surface area (TPSA) is 93.7 Å². The largest absolute Gasteiger partial charge is 0.351 e. The molecule has 6 nitrogen and oxygen atoms in total. The van der Waals surface area contributed by atoms with E-state index in [1.807, 2.05) is 0 Å². The average Bonchev–Trinajstić information content (AvgIpc) is 2.49. The van der Waals surface area contributed by atoms with E-state index in [0.29, 0.717) is 19.5 Å². The molecule has 0 atom stereocenters. The molecule has 1 saturated heterocycles. The second-order valence-electron chi connectivity index (χ2n) is 6.40. The molecule has 0 radical (unpaired) electrons. The van der Waals surface area contributed by atoms with Crippen molar-refractivity contribution in [2.75, 3.05) is 26.2 Å². The van der Waals surface area contributed by atoms with Crippen LogP contribution in [-0.2, 0) is 21.2 Å². The van der Waals surface area contributed by atoms with E-state index in [1.54, 1.807) is 12.1 Å². The van der Waals surface area contributed by atoms with Crippen molar-refractivity contribution in [1.29, 1.82) is 0 Å². The standard InChI is InChI=1S/C16H25N3O3S/c1-13-7-10-19(11-8-13)12-16(20)18-9-6-14-2-4-15(5-3-14)23(17,21)22/h2-5,13H,6-12H2,1H3,(H,18,20)(H2,17,21,22)/p+1. The summed E-state index contributed by atoms with van der Waals surface area (Å²) < 4.78 is 22.4. The number of carbonyl (C=O) groups excluding carboxylic acids is 1. The molecule has 7 heteroatoms. The number of piperidine rings is 1. The van der Waals surface area contributed by atoms with Crippen molar-refractivity contribution in [3.63, 3.8) is 0 Å². The number of sulfonamides is 1. The van der Waals surface area contributed by atoms with Gasteiger partial charge in [-0.05, 0) is 42.9 Å². The lowest BCUT2D eigenvalue weighted by atomic mass is 9.99. The highest BCUT2D eigenvalue weighted by atomic mass is 32.2. The van der Waals surface area contributed by atoms with Crippen LogP contribution in [0, 0.1) is 5.92 Å². The Morgan fingerprint density at radius 3 is 2.43 bits per heavy atom. The van der Waals surface area contributed by atoms with Crippen LogP contribution in [0.4, 0.5) is 0 Å². The minimum atomic E-state index is -3.65. The number of amides is 1. The summed E-state index contributed by atoms with van der Waals surface area (Å²) in [6, 6.07) is 6.43. The molecule has 1 aromatic rings. The van der Waals surface area contributed by atoms with Crippen LogP contribution in [0.25, 0.3) is 0 Å². The highest BCUT2D eigenvalue weighted by Gasteiger charge is 2.20. The number of benzene rings is 1. The van der Waals surface area contributed by atoms with Crippen LogP contribution in [0.2, 0.25) is 0 Å². The van der Waals surface area contributed by atoms with Gasteiger partial charge in [-0.25, -0.2) is 13.6 Å². The van der Waals surface area contributed by atoms with Gasteiger partial charge in [0.1, 0.15) is 0 Å². The quantitative estimate of drug-likeness (QED) is 0.640. The highest BCUT2D eigenvalue weighted by molar-refractivity contribution is 7.89. The van der Waals surface area contributed by atoms with Gasteiger partial charge in [0.25, 0.3) is 5.91 Å². The Morgan fingerprint density at radius 1 is 1.26 bits per heavy atom. The predicted molar refractivity (Wildman–Crippen MR) is 88.5 cm³/mol. The molecule has 1 aliphatic heterocycles. The van der Waals surface area contributed by atoms with Gasteiger partial charge in [-0.15, -0.1) is 0 Å². The fourth-order valence-corrected chi connectivity index (χ4v) is 3.34. The number of hydrogen-bond donors (Lipinski definition) is 3. The fourth-order valence-electron chi connectivity index (χ4n) is 2.83. The van der Waals surface area contributed by atoms with Gasteiger partial charge in [0.2, 0.25) is 10.0 Å². The lowest BCUT2D eigenvalue weighted by molar-refractivity contribution is -0.898. The summed E-state index contributed by atoms with van der Waals surface area (Å²) in [7, 11) is -3.65. The molecule has 0 bridgehead atoms. The van der Waals surface area contributed by atoms with Crippen LogP contribution in [0.5, 0.6) is 0 Å². The zero-order valence-corrected chi connectivity index (χ0v) is 14.4. The van der Waals surface area contributed by atoms with Crippen molar-refractivity contribution in [3.05, 3.63) is 29.8 Å². The number of nitrogens with one attached hydrogen (secondary N) is 2. The van der Waals surface area contributed by atoms with Gasteiger partial charge in [0.05, 0.1) is 18.0 Å². The molecule has 2 rings (SSSR count). The predicted octanol–water partition coefficient (Wildman–Crippen LogP) is -0.692. The van der Waals surface area contributed by atoms with E-state index in [1.165, 1.54) is 29.9 Å². The van der Waals surface area contributed by atoms with Crippen LogP contribution in [-0.4, -0.2) is 40.5 Å². The van der Waals surface area contributed by atoms with E-state index < -0.39 is 10.0 Å². The van der Waals surface area contributed by atoms with Crippen LogP contribution >= 0.6 is 0 Å². The van der Waals surface area contributed by atoms with Crippen LogP contribution in [0.15, 0.2) is 29.2 Å².